The van der Waals surface area contributed by atoms with Gasteiger partial charge in [0.1, 0.15) is 11.3 Å². The number of hydrogen-bond acceptors (Lipinski definition) is 5. The first-order valence-corrected chi connectivity index (χ1v) is 7.75. The van der Waals surface area contributed by atoms with Gasteiger partial charge in [-0.1, -0.05) is 12.1 Å². The van der Waals surface area contributed by atoms with Gasteiger partial charge >= 0.3 is 0 Å². The van der Waals surface area contributed by atoms with Crippen LogP contribution in [0.3, 0.4) is 0 Å². The normalized spacial score (nSPS) is 11.0. The smallest absolute Gasteiger partial charge is 0.247 e. The number of rotatable bonds is 5. The summed E-state index contributed by atoms with van der Waals surface area (Å²) in [5, 5.41) is 9.31. The molecule has 2 heterocycles. The number of aromatic nitrogens is 2. The molecule has 24 heavy (non-hydrogen) atoms. The predicted octanol–water partition coefficient (Wildman–Crippen LogP) is 4.28. The summed E-state index contributed by atoms with van der Waals surface area (Å²) in [5.74, 6) is 2.02. The lowest BCUT2D eigenvalue weighted by Gasteiger charge is -2.01. The first kappa shape index (κ1) is 14.5. The van der Waals surface area contributed by atoms with Gasteiger partial charge in [-0.25, -0.2) is 0 Å². The molecule has 0 saturated carbocycles. The second-order valence-electron chi connectivity index (χ2n) is 5.52. The average molecular weight is 320 g/mol. The first-order chi connectivity index (χ1) is 11.8. The van der Waals surface area contributed by atoms with Crippen LogP contribution in [0.5, 0.6) is 5.75 Å². The highest BCUT2D eigenvalue weighted by Crippen LogP contribution is 2.24. The summed E-state index contributed by atoms with van der Waals surface area (Å²) < 4.78 is 16.3. The van der Waals surface area contributed by atoms with Crippen molar-refractivity contribution in [2.24, 2.45) is 0 Å². The lowest BCUT2D eigenvalue weighted by atomic mass is 10.1. The van der Waals surface area contributed by atoms with Crippen molar-refractivity contribution in [2.75, 3.05) is 7.11 Å². The van der Waals surface area contributed by atoms with Crippen LogP contribution in [0.1, 0.15) is 11.5 Å². The van der Waals surface area contributed by atoms with E-state index in [2.05, 4.69) is 10.2 Å². The molecule has 0 aliphatic rings. The number of nitrogens with zero attached hydrogens (tertiary/aromatic N) is 2. The highest BCUT2D eigenvalue weighted by Gasteiger charge is 2.10. The third-order valence-electron chi connectivity index (χ3n) is 3.95. The summed E-state index contributed by atoms with van der Waals surface area (Å²) in [6, 6.07) is 15.7. The van der Waals surface area contributed by atoms with Crippen LogP contribution >= 0.6 is 0 Å². The standard InChI is InChI=1S/C19H16N2O3/c1-22-16-6-2-13(3-7-16)4-9-18-20-21-19(24-18)15-5-8-17-14(12-15)10-11-23-17/h2-3,5-8,10-12H,4,9H2,1H3. The monoisotopic (exact) mass is 320 g/mol. The molecule has 0 N–H and O–H groups in total. The fraction of sp³-hybridized carbons (Fsp3) is 0.158. The van der Waals surface area contributed by atoms with E-state index in [0.717, 1.165) is 28.7 Å². The van der Waals surface area contributed by atoms with Gasteiger partial charge in [0, 0.05) is 17.4 Å². The molecule has 2 aromatic heterocycles. The summed E-state index contributed by atoms with van der Waals surface area (Å²) in [5.41, 5.74) is 2.94. The number of furan rings is 1. The van der Waals surface area contributed by atoms with Gasteiger partial charge in [-0.2, -0.15) is 0 Å². The van der Waals surface area contributed by atoms with Gasteiger partial charge in [-0.15, -0.1) is 10.2 Å². The van der Waals surface area contributed by atoms with Crippen molar-refractivity contribution in [1.29, 1.82) is 0 Å². The average Bonchev–Trinajstić information content (AvgIpc) is 3.29. The van der Waals surface area contributed by atoms with Crippen molar-refractivity contribution < 1.29 is 13.6 Å². The molecule has 2 aromatic carbocycles. The fourth-order valence-electron chi connectivity index (χ4n) is 2.61. The molecule has 5 heteroatoms. The van der Waals surface area contributed by atoms with Crippen LogP contribution in [-0.2, 0) is 12.8 Å². The van der Waals surface area contributed by atoms with E-state index in [4.69, 9.17) is 13.6 Å². The van der Waals surface area contributed by atoms with Crippen LogP contribution in [0.2, 0.25) is 0 Å². The van der Waals surface area contributed by atoms with Gasteiger partial charge in [0.2, 0.25) is 11.8 Å². The van der Waals surface area contributed by atoms with Gasteiger partial charge < -0.3 is 13.6 Å². The lowest BCUT2D eigenvalue weighted by molar-refractivity contribution is 0.414. The number of ether oxygens (including phenoxy) is 1. The van der Waals surface area contributed by atoms with Crippen LogP contribution in [0.25, 0.3) is 22.4 Å². The zero-order valence-electron chi connectivity index (χ0n) is 13.2. The molecular formula is C19H16N2O3. The SMILES string of the molecule is COc1ccc(CCc2nnc(-c3ccc4occc4c3)o2)cc1. The highest BCUT2D eigenvalue weighted by atomic mass is 16.5. The van der Waals surface area contributed by atoms with Crippen LogP contribution in [-0.4, -0.2) is 17.3 Å². The quantitative estimate of drug-likeness (QED) is 0.549. The zero-order valence-corrected chi connectivity index (χ0v) is 13.2. The Labute approximate surface area is 138 Å². The van der Waals surface area contributed by atoms with Crippen molar-refractivity contribution in [3.05, 3.63) is 66.2 Å². The number of fused-ring (bicyclic) bond motifs is 1. The third-order valence-corrected chi connectivity index (χ3v) is 3.95. The third kappa shape index (κ3) is 2.88. The van der Waals surface area contributed by atoms with E-state index in [9.17, 15) is 0 Å². The molecule has 0 unspecified atom stereocenters. The molecule has 0 aliphatic carbocycles. The van der Waals surface area contributed by atoms with Crippen molar-refractivity contribution >= 4 is 11.0 Å². The summed E-state index contributed by atoms with van der Waals surface area (Å²) in [7, 11) is 1.66. The Kier molecular flexibility index (Phi) is 3.75. The topological polar surface area (TPSA) is 61.3 Å². The van der Waals surface area contributed by atoms with Gasteiger partial charge in [0.25, 0.3) is 0 Å². The maximum Gasteiger partial charge on any atom is 0.247 e. The molecule has 0 radical (unpaired) electrons. The minimum atomic E-state index is 0.530. The van der Waals surface area contributed by atoms with E-state index in [1.807, 2.05) is 48.5 Å². The van der Waals surface area contributed by atoms with E-state index in [1.165, 1.54) is 5.56 Å². The molecule has 0 fully saturated rings. The molecular weight excluding hydrogens is 304 g/mol. The van der Waals surface area contributed by atoms with Crippen molar-refractivity contribution in [1.82, 2.24) is 10.2 Å². The number of aryl methyl sites for hydroxylation is 2. The molecule has 0 spiro atoms. The largest absolute Gasteiger partial charge is 0.497 e. The Morgan fingerprint density at radius 2 is 1.83 bits per heavy atom. The van der Waals surface area contributed by atoms with Crippen LogP contribution in [0, 0.1) is 0 Å². The first-order valence-electron chi connectivity index (χ1n) is 7.75. The Balaban J connectivity index is 1.47. The molecule has 0 bridgehead atoms. The fourth-order valence-corrected chi connectivity index (χ4v) is 2.61. The summed E-state index contributed by atoms with van der Waals surface area (Å²) in [4.78, 5) is 0. The number of methoxy groups -OCH3 is 1. The molecule has 4 aromatic rings. The van der Waals surface area contributed by atoms with E-state index in [0.29, 0.717) is 18.2 Å². The summed E-state index contributed by atoms with van der Waals surface area (Å²) in [6.45, 7) is 0. The number of benzene rings is 2. The van der Waals surface area contributed by atoms with Crippen molar-refractivity contribution in [2.45, 2.75) is 12.8 Å². The zero-order chi connectivity index (χ0) is 16.4. The van der Waals surface area contributed by atoms with Crippen LogP contribution < -0.4 is 4.74 Å². The molecule has 0 amide bonds. The maximum atomic E-state index is 5.78. The Bertz CT molecular complexity index is 954. The van der Waals surface area contributed by atoms with Gasteiger partial charge in [0.15, 0.2) is 0 Å². The Morgan fingerprint density at radius 3 is 2.67 bits per heavy atom. The van der Waals surface area contributed by atoms with Crippen molar-refractivity contribution in [3.8, 4) is 17.2 Å². The van der Waals surface area contributed by atoms with E-state index in [1.54, 1.807) is 13.4 Å². The molecule has 120 valence electrons. The van der Waals surface area contributed by atoms with E-state index < -0.39 is 0 Å². The maximum absolute atomic E-state index is 5.78. The predicted molar refractivity (Wildman–Crippen MR) is 89.9 cm³/mol. The summed E-state index contributed by atoms with van der Waals surface area (Å²) >= 11 is 0. The molecule has 5 nitrogen and oxygen atoms in total. The second kappa shape index (κ2) is 6.20. The van der Waals surface area contributed by atoms with Gasteiger partial charge in [0.05, 0.1) is 13.4 Å². The van der Waals surface area contributed by atoms with Crippen molar-refractivity contribution in [3.63, 3.8) is 0 Å². The number of hydrogen-bond donors (Lipinski definition) is 0. The molecule has 0 saturated heterocycles. The molecule has 4 rings (SSSR count). The summed E-state index contributed by atoms with van der Waals surface area (Å²) in [6.07, 6.45) is 3.21. The van der Waals surface area contributed by atoms with Crippen LogP contribution in [0.4, 0.5) is 0 Å². The Hall–Kier alpha value is -3.08. The van der Waals surface area contributed by atoms with Crippen LogP contribution in [0.15, 0.2) is 63.6 Å². The second-order valence-corrected chi connectivity index (χ2v) is 5.52. The lowest BCUT2D eigenvalue weighted by Crippen LogP contribution is -1.92. The Morgan fingerprint density at radius 1 is 0.958 bits per heavy atom. The molecule has 0 aliphatic heterocycles. The van der Waals surface area contributed by atoms with Gasteiger partial charge in [-0.3, -0.25) is 0 Å². The van der Waals surface area contributed by atoms with E-state index >= 15 is 0 Å². The molecule has 0 atom stereocenters. The van der Waals surface area contributed by atoms with Gasteiger partial charge in [-0.05, 0) is 48.4 Å². The minimum Gasteiger partial charge on any atom is -0.497 e. The van der Waals surface area contributed by atoms with E-state index in [-0.39, 0.29) is 0 Å². The highest BCUT2D eigenvalue weighted by molar-refractivity contribution is 5.81. The minimum absolute atomic E-state index is 0.530.